The predicted molar refractivity (Wildman–Crippen MR) is 221 cm³/mol. The van der Waals surface area contributed by atoms with Gasteiger partial charge >= 0.3 is 0 Å². The number of rotatable bonds is 8. The molecule has 4 aromatic carbocycles. The van der Waals surface area contributed by atoms with E-state index in [1.807, 2.05) is 28.7 Å². The zero-order chi connectivity index (χ0) is 38.3. The van der Waals surface area contributed by atoms with E-state index in [-0.39, 0.29) is 11.4 Å². The Morgan fingerprint density at radius 2 is 1.00 bits per heavy atom. The molecule has 4 aromatic rings. The Bertz CT molecular complexity index is 2080. The predicted octanol–water partition coefficient (Wildman–Crippen LogP) is 9.80. The number of aliphatic hydroxyl groups excluding tert-OH is 1. The molecule has 270 valence electrons. The van der Waals surface area contributed by atoms with Crippen LogP contribution in [-0.2, 0) is 25.7 Å². The number of aryl methyl sites for hydroxylation is 4. The third-order valence-electron chi connectivity index (χ3n) is 8.24. The summed E-state index contributed by atoms with van der Waals surface area (Å²) >= 11 is 2.03. The fraction of sp³-hybridized carbons (Fsp3) is 0.289. The van der Waals surface area contributed by atoms with Crippen LogP contribution in [0.3, 0.4) is 0 Å². The summed E-state index contributed by atoms with van der Waals surface area (Å²) in [7, 11) is 1.00. The summed E-state index contributed by atoms with van der Waals surface area (Å²) in [5.41, 5.74) is 9.09. The SMILES string of the molecule is C#CCCCCC#Cc1ccc2c(c1)CC2.CO.O=[N+]([O-])c1cccc(C#CCCCCC#Cc2ccc3c(c2)CC3)c1.O=[N+]([O-])c1cccc(I)c1. The van der Waals surface area contributed by atoms with E-state index < -0.39 is 9.85 Å². The van der Waals surface area contributed by atoms with Crippen LogP contribution in [0.4, 0.5) is 11.4 Å². The third-order valence-corrected chi connectivity index (χ3v) is 8.91. The van der Waals surface area contributed by atoms with Gasteiger partial charge in [-0.05, 0) is 133 Å². The quantitative estimate of drug-likeness (QED) is 0.0627. The molecule has 0 aliphatic heterocycles. The van der Waals surface area contributed by atoms with E-state index in [9.17, 15) is 20.2 Å². The van der Waals surface area contributed by atoms with Crippen LogP contribution >= 0.6 is 22.6 Å². The number of hydrogen-bond acceptors (Lipinski definition) is 5. The number of nitro benzene ring substituents is 2. The van der Waals surface area contributed by atoms with Crippen molar-refractivity contribution in [2.75, 3.05) is 7.11 Å². The van der Waals surface area contributed by atoms with Crippen molar-refractivity contribution in [3.63, 3.8) is 0 Å². The maximum absolute atomic E-state index is 10.7. The van der Waals surface area contributed by atoms with Crippen LogP contribution in [0.5, 0.6) is 0 Å². The molecule has 0 fully saturated rings. The molecule has 0 heterocycles. The lowest BCUT2D eigenvalue weighted by Crippen LogP contribution is -2.07. The Labute approximate surface area is 327 Å². The topological polar surface area (TPSA) is 107 Å². The van der Waals surface area contributed by atoms with Crippen LogP contribution in [0.2, 0.25) is 0 Å². The molecule has 2 aliphatic carbocycles. The molecule has 0 amide bonds. The lowest BCUT2D eigenvalue weighted by atomic mass is 9.87. The van der Waals surface area contributed by atoms with E-state index >= 15 is 0 Å². The molecule has 0 unspecified atom stereocenters. The number of nitro groups is 2. The zero-order valence-electron chi connectivity index (χ0n) is 30.0. The molecule has 0 saturated heterocycles. The molecule has 6 rings (SSSR count). The highest BCUT2D eigenvalue weighted by molar-refractivity contribution is 14.1. The summed E-state index contributed by atoms with van der Waals surface area (Å²) in [6.07, 6.45) is 17.7. The van der Waals surface area contributed by atoms with Crippen molar-refractivity contribution in [3.05, 3.63) is 148 Å². The average Bonchev–Trinajstić information content (AvgIpc) is 3.14. The average molecular weight is 819 g/mol. The molecule has 7 nitrogen and oxygen atoms in total. The van der Waals surface area contributed by atoms with Crippen molar-refractivity contribution in [2.24, 2.45) is 0 Å². The highest BCUT2D eigenvalue weighted by Crippen LogP contribution is 2.24. The Morgan fingerprint density at radius 3 is 1.38 bits per heavy atom. The molecule has 53 heavy (non-hydrogen) atoms. The van der Waals surface area contributed by atoms with Crippen molar-refractivity contribution >= 4 is 34.0 Å². The summed E-state index contributed by atoms with van der Waals surface area (Å²) in [6.45, 7) is 0. The van der Waals surface area contributed by atoms with Gasteiger partial charge in [-0.15, -0.1) is 12.3 Å². The summed E-state index contributed by atoms with van der Waals surface area (Å²) in [5.74, 6) is 21.6. The molecule has 1 N–H and O–H groups in total. The van der Waals surface area contributed by atoms with Crippen molar-refractivity contribution in [1.82, 2.24) is 0 Å². The molecular weight excluding hydrogens is 775 g/mol. The van der Waals surface area contributed by atoms with Crippen LogP contribution in [-0.4, -0.2) is 22.1 Å². The first kappa shape index (κ1) is 42.0. The number of benzene rings is 4. The van der Waals surface area contributed by atoms with Crippen molar-refractivity contribution < 1.29 is 15.0 Å². The lowest BCUT2D eigenvalue weighted by Gasteiger charge is -2.17. The van der Waals surface area contributed by atoms with E-state index in [2.05, 4.69) is 77.8 Å². The minimum atomic E-state index is -0.401. The van der Waals surface area contributed by atoms with Gasteiger partial charge in [-0.25, -0.2) is 0 Å². The minimum absolute atomic E-state index is 0.0814. The number of non-ortho nitro benzene ring substituents is 2. The van der Waals surface area contributed by atoms with E-state index in [4.69, 9.17) is 11.5 Å². The molecule has 0 radical (unpaired) electrons. The second kappa shape index (κ2) is 24.0. The molecule has 0 spiro atoms. The highest BCUT2D eigenvalue weighted by Gasteiger charge is 2.12. The largest absolute Gasteiger partial charge is 0.400 e. The van der Waals surface area contributed by atoms with Crippen LogP contribution in [0.15, 0.2) is 84.9 Å². The Kier molecular flexibility index (Phi) is 19.0. The number of fused-ring (bicyclic) bond motifs is 2. The van der Waals surface area contributed by atoms with E-state index in [1.54, 1.807) is 18.2 Å². The molecule has 0 saturated carbocycles. The number of aliphatic hydroxyl groups is 1. The summed E-state index contributed by atoms with van der Waals surface area (Å²) in [4.78, 5) is 20.1. The van der Waals surface area contributed by atoms with Gasteiger partial charge in [0.05, 0.1) is 9.85 Å². The normalized spacial score (nSPS) is 10.7. The smallest absolute Gasteiger partial charge is 0.270 e. The van der Waals surface area contributed by atoms with Crippen molar-refractivity contribution in [3.8, 4) is 47.9 Å². The fourth-order valence-corrected chi connectivity index (χ4v) is 5.72. The van der Waals surface area contributed by atoms with E-state index in [0.29, 0.717) is 5.56 Å². The number of hydrogen-bond donors (Lipinski definition) is 1. The van der Waals surface area contributed by atoms with Gasteiger partial charge in [0.2, 0.25) is 0 Å². The van der Waals surface area contributed by atoms with Crippen LogP contribution < -0.4 is 0 Å². The fourth-order valence-electron chi connectivity index (χ4n) is 5.19. The van der Waals surface area contributed by atoms with Crippen LogP contribution in [0.1, 0.15) is 90.3 Å². The summed E-state index contributed by atoms with van der Waals surface area (Å²) < 4.78 is 0.881. The first-order chi connectivity index (χ1) is 25.8. The van der Waals surface area contributed by atoms with E-state index in [1.165, 1.54) is 72.2 Å². The molecule has 8 heteroatoms. The number of unbranched alkanes of at least 4 members (excludes halogenated alkanes) is 6. The second-order valence-electron chi connectivity index (χ2n) is 12.0. The van der Waals surface area contributed by atoms with Gasteiger partial charge in [0, 0.05) is 77.3 Å². The molecule has 2 aliphatic rings. The van der Waals surface area contributed by atoms with Crippen LogP contribution in [0.25, 0.3) is 0 Å². The number of terminal acetylenes is 1. The molecule has 0 aromatic heterocycles. The maximum Gasteiger partial charge on any atom is 0.270 e. The van der Waals surface area contributed by atoms with Gasteiger partial charge in [-0.2, -0.15) is 0 Å². The lowest BCUT2D eigenvalue weighted by molar-refractivity contribution is -0.385. The second-order valence-corrected chi connectivity index (χ2v) is 13.3. The monoisotopic (exact) mass is 818 g/mol. The van der Waals surface area contributed by atoms with Gasteiger partial charge in [0.15, 0.2) is 0 Å². The Balaban J connectivity index is 0.000000230. The van der Waals surface area contributed by atoms with Gasteiger partial charge in [-0.3, -0.25) is 20.2 Å². The van der Waals surface area contributed by atoms with Gasteiger partial charge in [-0.1, -0.05) is 59.8 Å². The molecular formula is C45H43IN2O5. The maximum atomic E-state index is 10.7. The molecule has 0 bridgehead atoms. The van der Waals surface area contributed by atoms with E-state index in [0.717, 1.165) is 73.2 Å². The summed E-state index contributed by atoms with van der Waals surface area (Å²) in [5, 5.41) is 27.9. The molecule has 0 atom stereocenters. The van der Waals surface area contributed by atoms with Crippen LogP contribution in [0, 0.1) is 71.7 Å². The summed E-state index contributed by atoms with van der Waals surface area (Å²) in [6, 6.07) is 26.0. The van der Waals surface area contributed by atoms with Crippen molar-refractivity contribution in [1.29, 1.82) is 0 Å². The Morgan fingerprint density at radius 1 is 0.585 bits per heavy atom. The number of halogens is 1. The Hall–Kier alpha value is -5.39. The number of nitrogens with zero attached hydrogens (tertiary/aromatic N) is 2. The first-order valence-corrected chi connectivity index (χ1v) is 18.6. The van der Waals surface area contributed by atoms with Gasteiger partial charge < -0.3 is 5.11 Å². The standard InChI is InChI=1S/C22H19NO2.C16H16.C6H4INO2.CH4O/c24-23(25)22-11-7-10-18(17-22)8-5-3-1-2-4-6-9-19-12-13-20-14-15-21(20)16-19;1-2-3-4-5-6-7-8-14-9-10-15-11-12-16(15)13-14;7-5-2-1-3-6(4-5)8(9)10;1-2/h7,10-13,16-17H,1-4,14-15H2;1,9-10,13H,3-6,11-12H2;1-4H;2H,1H3. The highest BCUT2D eigenvalue weighted by atomic mass is 127. The van der Waals surface area contributed by atoms with Gasteiger partial charge in [0.1, 0.15) is 0 Å². The third kappa shape index (κ3) is 15.4. The van der Waals surface area contributed by atoms with Crippen molar-refractivity contribution in [2.45, 2.75) is 77.0 Å². The zero-order valence-corrected chi connectivity index (χ0v) is 32.2. The van der Waals surface area contributed by atoms with Gasteiger partial charge in [0.25, 0.3) is 11.4 Å². The minimum Gasteiger partial charge on any atom is -0.400 e. The first-order valence-electron chi connectivity index (χ1n) is 17.5.